The molecule has 0 unspecified atom stereocenters. The smallest absolute Gasteiger partial charge is 0.407 e. The number of benzene rings is 1. The van der Waals surface area contributed by atoms with Crippen molar-refractivity contribution in [3.05, 3.63) is 69.0 Å². The van der Waals surface area contributed by atoms with Crippen molar-refractivity contribution >= 4 is 23.6 Å². The fourth-order valence-corrected chi connectivity index (χ4v) is 5.54. The Kier molecular flexibility index (Phi) is 9.21. The van der Waals surface area contributed by atoms with Crippen LogP contribution in [-0.4, -0.2) is 34.7 Å². The zero-order valence-corrected chi connectivity index (χ0v) is 24.4. The van der Waals surface area contributed by atoms with Crippen LogP contribution in [-0.2, 0) is 24.1 Å². The maximum atomic E-state index is 13.4. The SMILES string of the molecule is Cc1cc2c(c(C)n1)CNC(=O)c1cc(Cl)cc(OC3CCC(NC(=O)OC(C)(C)C)CC3)c1C/C=C\CC2. The third-order valence-electron chi connectivity index (χ3n) is 7.15. The number of aryl methyl sites for hydroxylation is 3. The van der Waals surface area contributed by atoms with Gasteiger partial charge in [0.1, 0.15) is 11.4 Å². The molecule has 1 fully saturated rings. The van der Waals surface area contributed by atoms with Gasteiger partial charge in [-0.25, -0.2) is 4.79 Å². The van der Waals surface area contributed by atoms with E-state index in [9.17, 15) is 9.59 Å². The Morgan fingerprint density at radius 2 is 1.82 bits per heavy atom. The van der Waals surface area contributed by atoms with Crippen LogP contribution >= 0.6 is 11.6 Å². The number of carbonyl (C=O) groups excluding carboxylic acids is 2. The van der Waals surface area contributed by atoms with Crippen molar-refractivity contribution in [2.75, 3.05) is 0 Å². The standard InChI is InChI=1S/C31H40ClN3O4/c1-19-15-21-9-7-6-8-10-25-26(29(36)33-18-27(21)20(2)34-19)16-22(32)17-28(25)38-24-13-11-23(12-14-24)35-30(37)39-31(3,4)5/h6,8,15-17,23-24H,7,9-14,18H2,1-5H3,(H,33,36)(H,35,37)/b8-6-. The number of allylic oxidation sites excluding steroid dienone is 2. The van der Waals surface area contributed by atoms with Crippen molar-refractivity contribution in [1.82, 2.24) is 15.6 Å². The summed E-state index contributed by atoms with van der Waals surface area (Å²) in [5.41, 5.74) is 5.06. The van der Waals surface area contributed by atoms with Crippen LogP contribution in [0.25, 0.3) is 0 Å². The quantitative estimate of drug-likeness (QED) is 0.421. The van der Waals surface area contributed by atoms with Gasteiger partial charge in [-0.3, -0.25) is 9.78 Å². The lowest BCUT2D eigenvalue weighted by Crippen LogP contribution is -2.42. The van der Waals surface area contributed by atoms with Crippen molar-refractivity contribution in [3.63, 3.8) is 0 Å². The molecule has 39 heavy (non-hydrogen) atoms. The molecule has 8 heteroatoms. The third kappa shape index (κ3) is 7.98. The third-order valence-corrected chi connectivity index (χ3v) is 7.37. The predicted octanol–water partition coefficient (Wildman–Crippen LogP) is 6.54. The topological polar surface area (TPSA) is 89.5 Å². The minimum Gasteiger partial charge on any atom is -0.490 e. The lowest BCUT2D eigenvalue weighted by molar-refractivity contribution is 0.0470. The number of ether oxygens (including phenoxy) is 2. The number of aromatic nitrogens is 1. The van der Waals surface area contributed by atoms with Crippen molar-refractivity contribution in [2.45, 2.75) is 104 Å². The highest BCUT2D eigenvalue weighted by molar-refractivity contribution is 6.31. The number of halogens is 1. The van der Waals surface area contributed by atoms with Gasteiger partial charge in [0.05, 0.1) is 6.10 Å². The van der Waals surface area contributed by atoms with Crippen molar-refractivity contribution in [2.24, 2.45) is 0 Å². The molecule has 0 atom stereocenters. The number of hydrogen-bond donors (Lipinski definition) is 2. The molecule has 1 aliphatic carbocycles. The molecular formula is C31H40ClN3O4. The fraction of sp³-hybridized carbons (Fsp3) is 0.516. The summed E-state index contributed by atoms with van der Waals surface area (Å²) < 4.78 is 11.9. The minimum atomic E-state index is -0.525. The lowest BCUT2D eigenvalue weighted by Gasteiger charge is -2.31. The molecule has 2 N–H and O–H groups in total. The zero-order chi connectivity index (χ0) is 28.2. The summed E-state index contributed by atoms with van der Waals surface area (Å²) in [5, 5.41) is 6.54. The van der Waals surface area contributed by atoms with E-state index in [4.69, 9.17) is 21.1 Å². The highest BCUT2D eigenvalue weighted by atomic mass is 35.5. The van der Waals surface area contributed by atoms with Gasteiger partial charge in [0.25, 0.3) is 5.91 Å². The summed E-state index contributed by atoms with van der Waals surface area (Å²) in [5.74, 6) is 0.467. The zero-order valence-electron chi connectivity index (χ0n) is 23.7. The summed E-state index contributed by atoms with van der Waals surface area (Å²) >= 11 is 6.50. The van der Waals surface area contributed by atoms with E-state index in [0.29, 0.717) is 29.3 Å². The number of amides is 2. The molecule has 2 aromatic rings. The Morgan fingerprint density at radius 1 is 1.08 bits per heavy atom. The van der Waals surface area contributed by atoms with Crippen LogP contribution in [0.15, 0.2) is 30.4 Å². The predicted molar refractivity (Wildman–Crippen MR) is 154 cm³/mol. The number of carbonyl (C=O) groups is 2. The normalized spacial score (nSPS) is 20.8. The number of fused-ring (bicyclic) bond motifs is 2. The fourth-order valence-electron chi connectivity index (χ4n) is 5.33. The van der Waals surface area contributed by atoms with E-state index in [1.807, 2.05) is 40.7 Å². The summed E-state index contributed by atoms with van der Waals surface area (Å²) in [6.07, 6.45) is 9.38. The Labute approximate surface area is 236 Å². The van der Waals surface area contributed by atoms with Crippen LogP contribution in [0.3, 0.4) is 0 Å². The highest BCUT2D eigenvalue weighted by Crippen LogP contribution is 2.33. The molecule has 1 aliphatic heterocycles. The van der Waals surface area contributed by atoms with E-state index in [-0.39, 0.29) is 24.1 Å². The lowest BCUT2D eigenvalue weighted by atomic mass is 9.92. The molecule has 1 aromatic heterocycles. The van der Waals surface area contributed by atoms with Crippen molar-refractivity contribution < 1.29 is 19.1 Å². The molecule has 210 valence electrons. The monoisotopic (exact) mass is 553 g/mol. The minimum absolute atomic E-state index is 0.0264. The number of rotatable bonds is 3. The Balaban J connectivity index is 1.49. The molecular weight excluding hydrogens is 514 g/mol. The summed E-state index contributed by atoms with van der Waals surface area (Å²) in [4.78, 5) is 30.2. The van der Waals surface area contributed by atoms with Gasteiger partial charge in [-0.05, 0) is 109 Å². The van der Waals surface area contributed by atoms with Gasteiger partial charge in [-0.2, -0.15) is 0 Å². The number of nitrogens with one attached hydrogen (secondary N) is 2. The second-order valence-electron chi connectivity index (χ2n) is 11.6. The first-order chi connectivity index (χ1) is 18.5. The Bertz CT molecular complexity index is 1240. The molecule has 1 aromatic carbocycles. The molecule has 0 bridgehead atoms. The van der Waals surface area contributed by atoms with Crippen LogP contribution in [0.5, 0.6) is 5.75 Å². The summed E-state index contributed by atoms with van der Waals surface area (Å²) in [6.45, 7) is 9.97. The number of hydrogen-bond acceptors (Lipinski definition) is 5. The van der Waals surface area contributed by atoms with E-state index >= 15 is 0 Å². The van der Waals surface area contributed by atoms with E-state index < -0.39 is 5.60 Å². The van der Waals surface area contributed by atoms with Crippen molar-refractivity contribution in [3.8, 4) is 5.75 Å². The van der Waals surface area contributed by atoms with Crippen LogP contribution in [0.1, 0.15) is 91.3 Å². The average Bonchev–Trinajstić information content (AvgIpc) is 2.83. The second kappa shape index (κ2) is 12.4. The molecule has 2 aliphatic rings. The van der Waals surface area contributed by atoms with Gasteiger partial charge in [0.15, 0.2) is 0 Å². The molecule has 2 amide bonds. The van der Waals surface area contributed by atoms with Gasteiger partial charge >= 0.3 is 6.09 Å². The summed E-state index contributed by atoms with van der Waals surface area (Å²) in [7, 11) is 0. The first-order valence-electron chi connectivity index (χ1n) is 13.9. The van der Waals surface area contributed by atoms with E-state index in [1.54, 1.807) is 6.07 Å². The van der Waals surface area contributed by atoms with E-state index in [2.05, 4.69) is 33.8 Å². The second-order valence-corrected chi connectivity index (χ2v) is 12.0. The number of nitrogens with zero attached hydrogens (tertiary/aromatic N) is 1. The Hall–Kier alpha value is -3.06. The molecule has 1 saturated carbocycles. The maximum absolute atomic E-state index is 13.4. The van der Waals surface area contributed by atoms with Crippen molar-refractivity contribution in [1.29, 1.82) is 0 Å². The molecule has 0 saturated heterocycles. The van der Waals surface area contributed by atoms with Gasteiger partial charge in [0, 0.05) is 40.1 Å². The van der Waals surface area contributed by atoms with Crippen LogP contribution in [0, 0.1) is 13.8 Å². The molecule has 4 rings (SSSR count). The van der Waals surface area contributed by atoms with E-state index in [0.717, 1.165) is 61.0 Å². The molecule has 7 nitrogen and oxygen atoms in total. The Morgan fingerprint density at radius 3 is 2.54 bits per heavy atom. The van der Waals surface area contributed by atoms with Gasteiger partial charge in [-0.1, -0.05) is 23.8 Å². The first kappa shape index (κ1) is 28.9. The molecule has 0 spiro atoms. The van der Waals surface area contributed by atoms with Crippen LogP contribution in [0.4, 0.5) is 4.79 Å². The largest absolute Gasteiger partial charge is 0.490 e. The number of alkyl carbamates (subject to hydrolysis) is 1. The molecule has 2 heterocycles. The van der Waals surface area contributed by atoms with Gasteiger partial charge < -0.3 is 20.1 Å². The highest BCUT2D eigenvalue weighted by Gasteiger charge is 2.27. The maximum Gasteiger partial charge on any atom is 0.407 e. The van der Waals surface area contributed by atoms with Crippen LogP contribution in [0.2, 0.25) is 5.02 Å². The van der Waals surface area contributed by atoms with Crippen LogP contribution < -0.4 is 15.4 Å². The average molecular weight is 554 g/mol. The molecule has 0 radical (unpaired) electrons. The number of pyridine rings is 1. The first-order valence-corrected chi connectivity index (χ1v) is 14.2. The van der Waals surface area contributed by atoms with Gasteiger partial charge in [-0.15, -0.1) is 0 Å². The summed E-state index contributed by atoms with van der Waals surface area (Å²) in [6, 6.07) is 5.70. The van der Waals surface area contributed by atoms with E-state index in [1.165, 1.54) is 5.56 Å². The van der Waals surface area contributed by atoms with Gasteiger partial charge in [0.2, 0.25) is 0 Å².